The van der Waals surface area contributed by atoms with Gasteiger partial charge in [-0.3, -0.25) is 0 Å². The van der Waals surface area contributed by atoms with Gasteiger partial charge in [0.05, 0.1) is 0 Å². The van der Waals surface area contributed by atoms with E-state index in [1.54, 1.807) is 0 Å². The van der Waals surface area contributed by atoms with Crippen molar-refractivity contribution in [2.24, 2.45) is 5.73 Å². The van der Waals surface area contributed by atoms with Crippen LogP contribution in [0, 0.1) is 0 Å². The molecule has 0 radical (unpaired) electrons. The number of hydrogen-bond donors (Lipinski definition) is 2. The lowest BCUT2D eigenvalue weighted by Crippen LogP contribution is -2.00. The molecule has 1 fully saturated rings. The minimum Gasteiger partial charge on any atom is -0.356 e. The predicted octanol–water partition coefficient (Wildman–Crippen LogP) is 3.90. The molecular weight excluding hydrogens is 244 g/mol. The zero-order chi connectivity index (χ0) is 12.5. The fourth-order valence-corrected chi connectivity index (χ4v) is 2.24. The molecule has 2 nitrogen and oxygen atoms in total. The van der Waals surface area contributed by atoms with Crippen LogP contribution in [0.15, 0.2) is 48.5 Å². The summed E-state index contributed by atoms with van der Waals surface area (Å²) in [4.78, 5) is 0. The molecule has 0 aromatic heterocycles. The van der Waals surface area contributed by atoms with Crippen molar-refractivity contribution >= 4 is 23.0 Å². The zero-order valence-corrected chi connectivity index (χ0v) is 10.7. The Balaban J connectivity index is 1.71. The molecule has 0 bridgehead atoms. The Kier molecular flexibility index (Phi) is 2.98. The molecule has 1 aliphatic rings. The predicted molar refractivity (Wildman–Crippen MR) is 76.5 cm³/mol. The lowest BCUT2D eigenvalue weighted by Gasteiger charge is -2.07. The van der Waals surface area contributed by atoms with Crippen LogP contribution in [-0.2, 0) is 0 Å². The summed E-state index contributed by atoms with van der Waals surface area (Å²) in [5, 5.41) is 4.09. The Bertz CT molecular complexity index is 533. The molecule has 2 aromatic carbocycles. The van der Waals surface area contributed by atoms with E-state index in [2.05, 4.69) is 29.6 Å². The van der Waals surface area contributed by atoms with E-state index in [9.17, 15) is 0 Å². The smallest absolute Gasteiger partial charge is 0.0407 e. The van der Waals surface area contributed by atoms with Gasteiger partial charge in [0, 0.05) is 28.4 Å². The van der Waals surface area contributed by atoms with Gasteiger partial charge in [-0.2, -0.15) is 0 Å². The van der Waals surface area contributed by atoms with Crippen molar-refractivity contribution in [3.63, 3.8) is 0 Å². The van der Waals surface area contributed by atoms with E-state index in [4.69, 9.17) is 17.3 Å². The second kappa shape index (κ2) is 4.63. The maximum absolute atomic E-state index is 5.85. The molecule has 0 saturated heterocycles. The topological polar surface area (TPSA) is 38.0 Å². The van der Waals surface area contributed by atoms with Gasteiger partial charge in [-0.05, 0) is 48.4 Å². The number of halogens is 1. The molecule has 0 aliphatic heterocycles. The monoisotopic (exact) mass is 258 g/mol. The fourth-order valence-electron chi connectivity index (χ4n) is 2.11. The standard InChI is InChI=1S/C15H15ClN2/c16-11-3-7-13(8-4-11)18-12-5-1-10(2-6-12)14-9-15(14)17/h1-8,14-15,18H,9,17H2/t14-,15+/m1/s1. The number of nitrogens with one attached hydrogen (secondary N) is 1. The summed E-state index contributed by atoms with van der Waals surface area (Å²) in [6.45, 7) is 0. The third-order valence-corrected chi connectivity index (χ3v) is 3.56. The van der Waals surface area contributed by atoms with Crippen molar-refractivity contribution in [2.45, 2.75) is 18.4 Å². The maximum Gasteiger partial charge on any atom is 0.0407 e. The molecule has 2 aromatic rings. The summed E-state index contributed by atoms with van der Waals surface area (Å²) < 4.78 is 0. The summed E-state index contributed by atoms with van der Waals surface area (Å²) in [6, 6.07) is 16.5. The van der Waals surface area contributed by atoms with Crippen molar-refractivity contribution < 1.29 is 0 Å². The normalized spacial score (nSPS) is 21.7. The number of anilines is 2. The van der Waals surface area contributed by atoms with E-state index in [0.717, 1.165) is 22.8 Å². The zero-order valence-electron chi connectivity index (χ0n) is 9.94. The molecule has 0 spiro atoms. The molecule has 3 N–H and O–H groups in total. The average molecular weight is 259 g/mol. The van der Waals surface area contributed by atoms with E-state index in [0.29, 0.717) is 12.0 Å². The summed E-state index contributed by atoms with van der Waals surface area (Å²) in [5.74, 6) is 0.564. The Labute approximate surface area is 112 Å². The van der Waals surface area contributed by atoms with Crippen LogP contribution < -0.4 is 11.1 Å². The highest BCUT2D eigenvalue weighted by atomic mass is 35.5. The molecule has 3 rings (SSSR count). The van der Waals surface area contributed by atoms with Crippen LogP contribution in [0.5, 0.6) is 0 Å². The lowest BCUT2D eigenvalue weighted by molar-refractivity contribution is 0.991. The molecule has 0 amide bonds. The summed E-state index contributed by atoms with van der Waals surface area (Å²) >= 11 is 5.85. The Hall–Kier alpha value is -1.51. The van der Waals surface area contributed by atoms with Crippen LogP contribution in [0.4, 0.5) is 11.4 Å². The molecular formula is C15H15ClN2. The van der Waals surface area contributed by atoms with E-state index < -0.39 is 0 Å². The summed E-state index contributed by atoms with van der Waals surface area (Å²) in [6.07, 6.45) is 1.12. The molecule has 2 atom stereocenters. The minimum absolute atomic E-state index is 0.361. The first kappa shape index (κ1) is 11.6. The third-order valence-electron chi connectivity index (χ3n) is 3.31. The van der Waals surface area contributed by atoms with Crippen LogP contribution in [0.25, 0.3) is 0 Å². The van der Waals surface area contributed by atoms with Crippen LogP contribution in [-0.4, -0.2) is 6.04 Å². The third kappa shape index (κ3) is 2.50. The second-order valence-corrected chi connectivity index (χ2v) is 5.20. The lowest BCUT2D eigenvalue weighted by atomic mass is 10.1. The van der Waals surface area contributed by atoms with Crippen molar-refractivity contribution in [1.29, 1.82) is 0 Å². The second-order valence-electron chi connectivity index (χ2n) is 4.76. The fraction of sp³-hybridized carbons (Fsp3) is 0.200. The first-order valence-electron chi connectivity index (χ1n) is 6.10. The Morgan fingerprint density at radius 1 is 0.944 bits per heavy atom. The van der Waals surface area contributed by atoms with Crippen molar-refractivity contribution in [1.82, 2.24) is 0 Å². The van der Waals surface area contributed by atoms with E-state index in [1.807, 2.05) is 24.3 Å². The summed E-state index contributed by atoms with van der Waals surface area (Å²) in [5.41, 5.74) is 9.30. The maximum atomic E-state index is 5.85. The molecule has 18 heavy (non-hydrogen) atoms. The van der Waals surface area contributed by atoms with Gasteiger partial charge < -0.3 is 11.1 Å². The highest BCUT2D eigenvalue weighted by Gasteiger charge is 2.34. The number of hydrogen-bond acceptors (Lipinski definition) is 2. The van der Waals surface area contributed by atoms with Crippen LogP contribution in [0.3, 0.4) is 0 Å². The SMILES string of the molecule is N[C@H]1C[C@@H]1c1ccc(Nc2ccc(Cl)cc2)cc1. The summed E-state index contributed by atoms with van der Waals surface area (Å²) in [7, 11) is 0. The molecule has 1 saturated carbocycles. The first-order chi connectivity index (χ1) is 8.72. The molecule has 1 aliphatic carbocycles. The van der Waals surface area contributed by atoms with E-state index >= 15 is 0 Å². The molecule has 0 unspecified atom stereocenters. The molecule has 0 heterocycles. The molecule has 92 valence electrons. The quantitative estimate of drug-likeness (QED) is 0.876. The van der Waals surface area contributed by atoms with E-state index in [-0.39, 0.29) is 0 Å². The van der Waals surface area contributed by atoms with Crippen LogP contribution in [0.2, 0.25) is 5.02 Å². The Morgan fingerprint density at radius 3 is 1.94 bits per heavy atom. The minimum atomic E-state index is 0.361. The van der Waals surface area contributed by atoms with Gasteiger partial charge in [0.15, 0.2) is 0 Å². The van der Waals surface area contributed by atoms with E-state index in [1.165, 1.54) is 5.56 Å². The van der Waals surface area contributed by atoms with Gasteiger partial charge in [0.25, 0.3) is 0 Å². The first-order valence-corrected chi connectivity index (χ1v) is 6.48. The van der Waals surface area contributed by atoms with Gasteiger partial charge in [-0.1, -0.05) is 23.7 Å². The number of benzene rings is 2. The number of rotatable bonds is 3. The van der Waals surface area contributed by atoms with Gasteiger partial charge in [-0.15, -0.1) is 0 Å². The van der Waals surface area contributed by atoms with Gasteiger partial charge >= 0.3 is 0 Å². The molecule has 3 heteroatoms. The van der Waals surface area contributed by atoms with Crippen LogP contribution >= 0.6 is 11.6 Å². The average Bonchev–Trinajstić information content (AvgIpc) is 3.10. The largest absolute Gasteiger partial charge is 0.356 e. The van der Waals surface area contributed by atoms with Gasteiger partial charge in [0.2, 0.25) is 0 Å². The Morgan fingerprint density at radius 2 is 1.44 bits per heavy atom. The van der Waals surface area contributed by atoms with Crippen molar-refractivity contribution in [3.8, 4) is 0 Å². The van der Waals surface area contributed by atoms with Gasteiger partial charge in [0.1, 0.15) is 0 Å². The highest BCUT2D eigenvalue weighted by molar-refractivity contribution is 6.30. The van der Waals surface area contributed by atoms with Crippen LogP contribution in [0.1, 0.15) is 17.9 Å². The van der Waals surface area contributed by atoms with Crippen molar-refractivity contribution in [2.75, 3.05) is 5.32 Å². The van der Waals surface area contributed by atoms with Gasteiger partial charge in [-0.25, -0.2) is 0 Å². The van der Waals surface area contributed by atoms with Crippen molar-refractivity contribution in [3.05, 3.63) is 59.1 Å². The number of nitrogens with two attached hydrogens (primary N) is 1. The highest BCUT2D eigenvalue weighted by Crippen LogP contribution is 2.39.